The monoisotopic (exact) mass is 559 g/mol. The molecule has 2 fully saturated rings. The lowest BCUT2D eigenvalue weighted by molar-refractivity contribution is -0.181. The predicted octanol–water partition coefficient (Wildman–Crippen LogP) is 1.02. The molecule has 10 nitrogen and oxygen atoms in total. The van der Waals surface area contributed by atoms with E-state index < -0.39 is 75.9 Å². The summed E-state index contributed by atoms with van der Waals surface area (Å²) >= 11 is 0. The number of phenols is 1. The zero-order chi connectivity index (χ0) is 30.1. The van der Waals surface area contributed by atoms with Gasteiger partial charge in [0.1, 0.15) is 11.6 Å². The summed E-state index contributed by atoms with van der Waals surface area (Å²) in [6.07, 6.45) is 0.565. The fraction of sp³-hybridized carbons (Fsp3) is 0.621. The van der Waals surface area contributed by atoms with Gasteiger partial charge in [-0.1, -0.05) is 13.8 Å². The summed E-state index contributed by atoms with van der Waals surface area (Å²) in [5, 5.41) is 22.5. The van der Waals surface area contributed by atoms with Gasteiger partial charge < -0.3 is 15.9 Å². The molecular formula is C29H38FN3O7. The first-order chi connectivity index (χ1) is 18.5. The predicted molar refractivity (Wildman–Crippen MR) is 142 cm³/mol. The quantitative estimate of drug-likeness (QED) is 0.415. The third kappa shape index (κ3) is 4.21. The molecule has 0 saturated heterocycles. The van der Waals surface area contributed by atoms with E-state index in [2.05, 4.69) is 4.90 Å². The molecule has 40 heavy (non-hydrogen) atoms. The van der Waals surface area contributed by atoms with Gasteiger partial charge >= 0.3 is 0 Å². The number of likely N-dealkylation sites (N-methyl/N-ethyl adjacent to an activating group) is 1. The lowest BCUT2D eigenvalue weighted by atomic mass is 9.52. The Morgan fingerprint density at radius 3 is 2.33 bits per heavy atom. The van der Waals surface area contributed by atoms with Crippen LogP contribution in [0.15, 0.2) is 6.07 Å². The van der Waals surface area contributed by atoms with Crippen LogP contribution in [0.5, 0.6) is 5.75 Å². The Morgan fingerprint density at radius 2 is 1.80 bits per heavy atom. The van der Waals surface area contributed by atoms with E-state index in [-0.39, 0.29) is 41.6 Å². The second-order valence-corrected chi connectivity index (χ2v) is 12.2. The zero-order valence-corrected chi connectivity index (χ0v) is 23.8. The average Bonchev–Trinajstić information content (AvgIpc) is 2.86. The van der Waals surface area contributed by atoms with Crippen LogP contribution >= 0.6 is 0 Å². The van der Waals surface area contributed by atoms with Crippen molar-refractivity contribution >= 4 is 29.0 Å². The molecule has 0 heterocycles. The third-order valence-electron chi connectivity index (χ3n) is 9.53. The Hall–Kier alpha value is -3.02. The summed E-state index contributed by atoms with van der Waals surface area (Å²) in [7, 11) is 3.02. The number of rotatable bonds is 7. The minimum Gasteiger partial charge on any atom is -0.507 e. The van der Waals surface area contributed by atoms with Crippen molar-refractivity contribution < 1.29 is 38.6 Å². The smallest absolute Gasteiger partial charge is 0.235 e. The van der Waals surface area contributed by atoms with Crippen LogP contribution in [0.3, 0.4) is 0 Å². The lowest BCUT2D eigenvalue weighted by Crippen LogP contribution is -2.74. The minimum atomic E-state index is -2.81. The van der Waals surface area contributed by atoms with E-state index in [0.29, 0.717) is 6.54 Å². The molecule has 0 spiro atoms. The number of ketones is 4. The summed E-state index contributed by atoms with van der Waals surface area (Å²) in [5.74, 6) is -12.3. The normalized spacial score (nSPS) is 30.4. The second kappa shape index (κ2) is 10.1. The molecule has 11 heteroatoms. The number of amides is 1. The van der Waals surface area contributed by atoms with Crippen molar-refractivity contribution in [2.45, 2.75) is 70.7 Å². The van der Waals surface area contributed by atoms with Crippen LogP contribution in [0, 0.1) is 29.5 Å². The largest absolute Gasteiger partial charge is 0.507 e. The van der Waals surface area contributed by atoms with E-state index in [1.165, 1.54) is 25.1 Å². The number of hydrogen-bond donors (Lipinski definition) is 3. The molecule has 6 atom stereocenters. The number of carbonyl (C=O) groups excluding carboxylic acids is 5. The van der Waals surface area contributed by atoms with Crippen molar-refractivity contribution in [1.29, 1.82) is 0 Å². The van der Waals surface area contributed by atoms with Crippen molar-refractivity contribution in [3.63, 3.8) is 0 Å². The van der Waals surface area contributed by atoms with E-state index in [9.17, 15) is 34.2 Å². The van der Waals surface area contributed by atoms with Gasteiger partial charge in [0.15, 0.2) is 34.7 Å². The first kappa shape index (κ1) is 30.0. The van der Waals surface area contributed by atoms with Crippen molar-refractivity contribution in [3.05, 3.63) is 28.6 Å². The number of nitrogens with zero attached hydrogens (tertiary/aromatic N) is 2. The molecule has 3 aliphatic carbocycles. The molecule has 1 aromatic carbocycles. The number of phenolic OH excluding ortho intramolecular Hbond substituents is 1. The molecular weight excluding hydrogens is 521 g/mol. The maximum Gasteiger partial charge on any atom is 0.235 e. The van der Waals surface area contributed by atoms with Gasteiger partial charge in [-0.3, -0.25) is 33.8 Å². The Balaban J connectivity index is 1.81. The van der Waals surface area contributed by atoms with E-state index in [0.717, 1.165) is 6.42 Å². The van der Waals surface area contributed by atoms with E-state index >= 15 is 4.39 Å². The Bertz CT molecular complexity index is 1310. The Morgan fingerprint density at radius 1 is 1.18 bits per heavy atom. The molecule has 1 amide bonds. The van der Waals surface area contributed by atoms with Gasteiger partial charge in [0.25, 0.3) is 0 Å². The maximum atomic E-state index is 16.0. The fourth-order valence-corrected chi connectivity index (χ4v) is 7.01. The summed E-state index contributed by atoms with van der Waals surface area (Å²) in [4.78, 5) is 69.5. The standard InChI is InChI=1S/C29H38FN3O7/c1-7-28(3,4)33(8-2)12-14-11-17(34)19-15(21(14)30)9-13-10-16-22(32(5)6)24(36)20(27(31)39)26(38)29(16,40)25(37)18(13)23(19)35/h11,13,16,18,20,22,34,40H,7-10,12H2,1-6H3,(H2,31,39)/t13-,16-,18?,20?,22-,29-/m0/s1. The molecule has 1 aromatic rings. The molecule has 0 radical (unpaired) electrons. The highest BCUT2D eigenvalue weighted by atomic mass is 19.1. The van der Waals surface area contributed by atoms with E-state index in [4.69, 9.17) is 5.73 Å². The number of carbonyl (C=O) groups is 5. The highest BCUT2D eigenvalue weighted by molar-refractivity contribution is 6.32. The Labute approximate surface area is 232 Å². The van der Waals surface area contributed by atoms with Crippen LogP contribution in [0.25, 0.3) is 0 Å². The summed E-state index contributed by atoms with van der Waals surface area (Å²) in [6, 6.07) is -0.0121. The number of benzene rings is 1. The topological polar surface area (TPSA) is 158 Å². The van der Waals surface area contributed by atoms with Gasteiger partial charge in [0, 0.05) is 29.1 Å². The van der Waals surface area contributed by atoms with Gasteiger partial charge in [-0.05, 0) is 65.7 Å². The molecule has 4 N–H and O–H groups in total. The first-order valence-corrected chi connectivity index (χ1v) is 13.7. The van der Waals surface area contributed by atoms with Crippen molar-refractivity contribution in [2.24, 2.45) is 29.4 Å². The first-order valence-electron chi connectivity index (χ1n) is 13.7. The number of aromatic hydroxyl groups is 1. The van der Waals surface area contributed by atoms with Gasteiger partial charge in [0.05, 0.1) is 17.5 Å². The average molecular weight is 560 g/mol. The van der Waals surface area contributed by atoms with Gasteiger partial charge in [0.2, 0.25) is 5.91 Å². The van der Waals surface area contributed by atoms with Crippen LogP contribution in [0.2, 0.25) is 0 Å². The third-order valence-corrected chi connectivity index (χ3v) is 9.53. The fourth-order valence-electron chi connectivity index (χ4n) is 7.01. The van der Waals surface area contributed by atoms with Crippen molar-refractivity contribution in [2.75, 3.05) is 20.6 Å². The van der Waals surface area contributed by atoms with Gasteiger partial charge in [-0.25, -0.2) is 4.39 Å². The number of fused-ring (bicyclic) bond motifs is 3. The van der Waals surface area contributed by atoms with Crippen LogP contribution in [-0.4, -0.2) is 86.9 Å². The van der Waals surface area contributed by atoms with Gasteiger partial charge in [-0.2, -0.15) is 0 Å². The van der Waals surface area contributed by atoms with Crippen molar-refractivity contribution in [3.8, 4) is 5.75 Å². The number of primary amides is 1. The summed E-state index contributed by atoms with van der Waals surface area (Å²) in [5.41, 5.74) is 2.11. The number of hydrogen-bond acceptors (Lipinski definition) is 9. The summed E-state index contributed by atoms with van der Waals surface area (Å²) < 4.78 is 16.0. The molecule has 0 bridgehead atoms. The number of aliphatic hydroxyl groups is 1. The second-order valence-electron chi connectivity index (χ2n) is 12.2. The zero-order valence-electron chi connectivity index (χ0n) is 23.8. The molecule has 0 aromatic heterocycles. The van der Waals surface area contributed by atoms with E-state index in [1.807, 2.05) is 27.7 Å². The van der Waals surface area contributed by atoms with Gasteiger partial charge in [-0.15, -0.1) is 0 Å². The lowest BCUT2D eigenvalue weighted by Gasteiger charge is -2.52. The Kier molecular flexibility index (Phi) is 7.57. The van der Waals surface area contributed by atoms with Crippen LogP contribution < -0.4 is 5.73 Å². The van der Waals surface area contributed by atoms with Crippen LogP contribution in [0.4, 0.5) is 4.39 Å². The minimum absolute atomic E-state index is 0.0188. The molecule has 4 rings (SSSR count). The van der Waals surface area contributed by atoms with Crippen molar-refractivity contribution in [1.82, 2.24) is 9.80 Å². The van der Waals surface area contributed by atoms with Crippen LogP contribution in [-0.2, 0) is 32.1 Å². The molecule has 0 aliphatic heterocycles. The molecule has 2 unspecified atom stereocenters. The molecule has 218 valence electrons. The number of Topliss-reactive ketones (excluding diaryl/α,β-unsaturated/α-hetero) is 4. The maximum absolute atomic E-state index is 16.0. The highest BCUT2D eigenvalue weighted by Crippen LogP contribution is 2.51. The molecule has 3 aliphatic rings. The molecule has 2 saturated carbocycles. The van der Waals surface area contributed by atoms with E-state index in [1.54, 1.807) is 0 Å². The summed E-state index contributed by atoms with van der Waals surface area (Å²) in [6.45, 7) is 8.85. The van der Waals surface area contributed by atoms with Crippen LogP contribution in [0.1, 0.15) is 62.0 Å². The highest BCUT2D eigenvalue weighted by Gasteiger charge is 2.69. The number of nitrogens with two attached hydrogens (primary N) is 1. The number of halogens is 1. The SMILES string of the molecule is CCN(Cc1cc(O)c2c(c1F)C[C@H]1C[C@H]3[C@H](N(C)C)C(=O)C(C(N)=O)C(=O)[C@@]3(O)C(=O)C1C2=O)C(C)(C)CC.